The molecule has 12 heavy (non-hydrogen) atoms. The van der Waals surface area contributed by atoms with Crippen LogP contribution >= 0.6 is 27.5 Å². The maximum atomic E-state index is 4.02. The minimum Gasteiger partial charge on any atom is -0.143 e. The molecule has 1 fully saturated rings. The molecule has 0 atom stereocenters. The number of aromatic nitrogens is 2. The van der Waals surface area contributed by atoms with Crippen LogP contribution < -0.4 is 0 Å². The van der Waals surface area contributed by atoms with Crippen LogP contribution in [-0.2, 0) is 6.42 Å². The monoisotopic (exact) mass is 246 g/mol. The second-order valence-corrected chi connectivity index (χ2v) is 4.99. The molecule has 0 aliphatic heterocycles. The Labute approximate surface area is 84.7 Å². The average Bonchev–Trinajstić information content (AvgIpc) is 2.74. The maximum Gasteiger partial charge on any atom is 0.0756 e. The third kappa shape index (κ3) is 1.55. The Bertz CT molecular complexity index is 280. The number of alkyl halides is 1. The molecule has 1 aliphatic rings. The second kappa shape index (κ2) is 3.07. The van der Waals surface area contributed by atoms with Crippen molar-refractivity contribution in [3.63, 3.8) is 0 Å². The normalized spacial score (nSPS) is 19.5. The fourth-order valence-electron chi connectivity index (χ4n) is 1.29. The van der Waals surface area contributed by atoms with E-state index in [0.29, 0.717) is 5.41 Å². The second-order valence-electron chi connectivity index (χ2n) is 3.59. The smallest absolute Gasteiger partial charge is 0.0756 e. The minimum atomic E-state index is 0.555. The van der Waals surface area contributed by atoms with Crippen LogP contribution in [0.15, 0.2) is 0 Å². The summed E-state index contributed by atoms with van der Waals surface area (Å²) in [6, 6.07) is 0. The fourth-order valence-corrected chi connectivity index (χ4v) is 2.85. The minimum absolute atomic E-state index is 0.555. The van der Waals surface area contributed by atoms with Crippen LogP contribution in [0.1, 0.15) is 23.4 Å². The predicted molar refractivity (Wildman–Crippen MR) is 53.8 cm³/mol. The molecule has 2 nitrogen and oxygen atoms in total. The summed E-state index contributed by atoms with van der Waals surface area (Å²) in [4.78, 5) is 1.37. The lowest BCUT2D eigenvalue weighted by atomic mass is 10.0. The lowest BCUT2D eigenvalue weighted by molar-refractivity contribution is 0.590. The highest BCUT2D eigenvalue weighted by Crippen LogP contribution is 2.50. The van der Waals surface area contributed by atoms with Crippen molar-refractivity contribution in [2.45, 2.75) is 26.2 Å². The summed E-state index contributed by atoms with van der Waals surface area (Å²) in [6.07, 6.45) is 3.88. The van der Waals surface area contributed by atoms with Gasteiger partial charge in [-0.1, -0.05) is 20.4 Å². The molecule has 0 bridgehead atoms. The van der Waals surface area contributed by atoms with Gasteiger partial charge < -0.3 is 0 Å². The van der Waals surface area contributed by atoms with Crippen molar-refractivity contribution in [1.29, 1.82) is 0 Å². The zero-order valence-corrected chi connectivity index (χ0v) is 9.41. The quantitative estimate of drug-likeness (QED) is 0.767. The summed E-state index contributed by atoms with van der Waals surface area (Å²) >= 11 is 5.12. The first-order chi connectivity index (χ1) is 5.76. The van der Waals surface area contributed by atoms with Gasteiger partial charge in [-0.2, -0.15) is 0 Å². The van der Waals surface area contributed by atoms with Gasteiger partial charge in [-0.3, -0.25) is 0 Å². The Morgan fingerprint density at radius 1 is 1.58 bits per heavy atom. The first-order valence-electron chi connectivity index (χ1n) is 4.10. The summed E-state index contributed by atoms with van der Waals surface area (Å²) in [7, 11) is 0. The van der Waals surface area contributed by atoms with E-state index >= 15 is 0 Å². The van der Waals surface area contributed by atoms with Gasteiger partial charge in [-0.25, -0.2) is 0 Å². The van der Waals surface area contributed by atoms with Crippen molar-refractivity contribution in [2.24, 2.45) is 5.41 Å². The van der Waals surface area contributed by atoms with E-state index in [0.717, 1.165) is 11.0 Å². The number of nitrogens with zero attached hydrogens (tertiary/aromatic N) is 2. The molecular formula is C8H11BrN2S. The number of aryl methyl sites for hydroxylation is 1. The molecule has 66 valence electrons. The highest BCUT2D eigenvalue weighted by atomic mass is 79.9. The van der Waals surface area contributed by atoms with Gasteiger partial charge in [0.15, 0.2) is 0 Å². The van der Waals surface area contributed by atoms with Crippen LogP contribution in [0.3, 0.4) is 0 Å². The van der Waals surface area contributed by atoms with Crippen molar-refractivity contribution in [3.8, 4) is 0 Å². The molecule has 4 heteroatoms. The van der Waals surface area contributed by atoms with Crippen LogP contribution in [-0.4, -0.2) is 14.9 Å². The topological polar surface area (TPSA) is 25.8 Å². The molecule has 0 radical (unpaired) electrons. The molecule has 0 N–H and O–H groups in total. The summed E-state index contributed by atoms with van der Waals surface area (Å²) in [5.41, 5.74) is 1.67. The standard InChI is InChI=1S/C8H11BrN2S/c1-6-7(12-11-10-6)4-8(5-9)2-3-8/h2-5H2,1H3. The lowest BCUT2D eigenvalue weighted by Gasteiger charge is -2.08. The molecular weight excluding hydrogens is 236 g/mol. The van der Waals surface area contributed by atoms with Crippen molar-refractivity contribution in [3.05, 3.63) is 10.6 Å². The third-order valence-corrected chi connectivity index (χ3v) is 4.53. The molecule has 0 amide bonds. The summed E-state index contributed by atoms with van der Waals surface area (Å²) in [5.74, 6) is 0. The fraction of sp³-hybridized carbons (Fsp3) is 0.750. The van der Waals surface area contributed by atoms with Crippen molar-refractivity contribution < 1.29 is 0 Å². The van der Waals surface area contributed by atoms with Crippen LogP contribution in [0.4, 0.5) is 0 Å². The molecule has 0 unspecified atom stereocenters. The Balaban J connectivity index is 2.08. The first-order valence-corrected chi connectivity index (χ1v) is 5.99. The van der Waals surface area contributed by atoms with Crippen LogP contribution in [0.5, 0.6) is 0 Å². The van der Waals surface area contributed by atoms with Crippen molar-refractivity contribution >= 4 is 27.5 Å². The van der Waals surface area contributed by atoms with E-state index in [9.17, 15) is 0 Å². The maximum absolute atomic E-state index is 4.02. The summed E-state index contributed by atoms with van der Waals surface area (Å²) < 4.78 is 3.94. The molecule has 1 aliphatic carbocycles. The molecule has 1 aromatic heterocycles. The van der Waals surface area contributed by atoms with E-state index in [1.54, 1.807) is 11.5 Å². The molecule has 0 saturated heterocycles. The van der Waals surface area contributed by atoms with Gasteiger partial charge >= 0.3 is 0 Å². The Hall–Kier alpha value is 0.0400. The highest BCUT2D eigenvalue weighted by Gasteiger charge is 2.42. The number of halogens is 1. The van der Waals surface area contributed by atoms with Gasteiger partial charge in [0.2, 0.25) is 0 Å². The number of rotatable bonds is 3. The van der Waals surface area contributed by atoms with E-state index in [2.05, 4.69) is 25.5 Å². The van der Waals surface area contributed by atoms with E-state index in [-0.39, 0.29) is 0 Å². The third-order valence-electron chi connectivity index (χ3n) is 2.52. The molecule has 1 heterocycles. The SMILES string of the molecule is Cc1nnsc1CC1(CBr)CC1. The molecule has 1 saturated carbocycles. The Kier molecular flexibility index (Phi) is 2.21. The van der Waals surface area contributed by atoms with Gasteiger partial charge in [-0.05, 0) is 43.1 Å². The van der Waals surface area contributed by atoms with Gasteiger partial charge in [-0.15, -0.1) is 5.10 Å². The predicted octanol–water partition coefficient (Wildman–Crippen LogP) is 2.56. The average molecular weight is 247 g/mol. The largest absolute Gasteiger partial charge is 0.143 e. The number of hydrogen-bond donors (Lipinski definition) is 0. The number of hydrogen-bond acceptors (Lipinski definition) is 3. The van der Waals surface area contributed by atoms with E-state index < -0.39 is 0 Å². The van der Waals surface area contributed by atoms with Gasteiger partial charge in [0.25, 0.3) is 0 Å². The summed E-state index contributed by atoms with van der Waals surface area (Å²) in [5, 5.41) is 5.14. The Morgan fingerprint density at radius 3 is 2.75 bits per heavy atom. The van der Waals surface area contributed by atoms with Crippen LogP contribution in [0.2, 0.25) is 0 Å². The summed E-state index contributed by atoms with van der Waals surface area (Å²) in [6.45, 7) is 2.04. The van der Waals surface area contributed by atoms with E-state index in [1.807, 2.05) is 6.92 Å². The molecule has 0 aromatic carbocycles. The molecule has 2 rings (SSSR count). The zero-order chi connectivity index (χ0) is 8.60. The van der Waals surface area contributed by atoms with Gasteiger partial charge in [0, 0.05) is 10.2 Å². The highest BCUT2D eigenvalue weighted by molar-refractivity contribution is 9.09. The molecule has 0 spiro atoms. The van der Waals surface area contributed by atoms with E-state index in [4.69, 9.17) is 0 Å². The van der Waals surface area contributed by atoms with Crippen LogP contribution in [0, 0.1) is 12.3 Å². The van der Waals surface area contributed by atoms with Gasteiger partial charge in [0.05, 0.1) is 5.69 Å². The Morgan fingerprint density at radius 2 is 2.33 bits per heavy atom. The van der Waals surface area contributed by atoms with E-state index in [1.165, 1.54) is 24.1 Å². The van der Waals surface area contributed by atoms with Crippen LogP contribution in [0.25, 0.3) is 0 Å². The zero-order valence-electron chi connectivity index (χ0n) is 7.01. The van der Waals surface area contributed by atoms with Crippen molar-refractivity contribution in [1.82, 2.24) is 9.59 Å². The first kappa shape index (κ1) is 8.63. The van der Waals surface area contributed by atoms with Gasteiger partial charge in [0.1, 0.15) is 0 Å². The molecule has 1 aromatic rings. The van der Waals surface area contributed by atoms with Crippen molar-refractivity contribution in [2.75, 3.05) is 5.33 Å². The lowest BCUT2D eigenvalue weighted by Crippen LogP contribution is -2.05.